The highest BCUT2D eigenvalue weighted by Crippen LogP contribution is 2.21. The second kappa shape index (κ2) is 23.5. The summed E-state index contributed by atoms with van der Waals surface area (Å²) < 4.78 is 0. The molecule has 0 atom stereocenters. The number of nitrogens with zero attached hydrogens (tertiary/aromatic N) is 1. The Morgan fingerprint density at radius 2 is 0.750 bits per heavy atom. The van der Waals surface area contributed by atoms with Gasteiger partial charge in [-0.05, 0) is 24.3 Å². The summed E-state index contributed by atoms with van der Waals surface area (Å²) in [7, 11) is 2.07. The first kappa shape index (κ1) is 27.1. The predicted octanol–water partition coefficient (Wildman–Crippen LogP) is 8.34. The molecule has 1 nitrogen and oxygen atoms in total. The lowest BCUT2D eigenvalue weighted by atomic mass is 10.2. The van der Waals surface area contributed by atoms with Crippen LogP contribution in [-0.2, 0) is 0 Å². The van der Waals surface area contributed by atoms with Gasteiger partial charge < -0.3 is 4.90 Å². The van der Waals surface area contributed by atoms with Crippen LogP contribution in [0, 0.1) is 0 Å². The molecule has 138 valence electrons. The van der Waals surface area contributed by atoms with E-state index in [1.807, 2.05) is 39.8 Å². The molecule has 2 aromatic rings. The van der Waals surface area contributed by atoms with Crippen LogP contribution in [0.3, 0.4) is 0 Å². The molecular formula is C23H41N. The number of anilines is 2. The minimum Gasteiger partial charge on any atom is -0.345 e. The van der Waals surface area contributed by atoms with Crippen molar-refractivity contribution in [3.05, 3.63) is 60.7 Å². The summed E-state index contributed by atoms with van der Waals surface area (Å²) in [5.41, 5.74) is 2.41. The van der Waals surface area contributed by atoms with E-state index in [0.29, 0.717) is 0 Å². The maximum Gasteiger partial charge on any atom is 0.0408 e. The summed E-state index contributed by atoms with van der Waals surface area (Å²) in [4.78, 5) is 2.17. The first-order valence-corrected chi connectivity index (χ1v) is 9.54. The molecule has 2 aromatic carbocycles. The molecular weight excluding hydrogens is 290 g/mol. The highest BCUT2D eigenvalue weighted by molar-refractivity contribution is 5.61. The van der Waals surface area contributed by atoms with Gasteiger partial charge in [-0.2, -0.15) is 0 Å². The summed E-state index contributed by atoms with van der Waals surface area (Å²) in [6.07, 6.45) is 2.50. The Kier molecular flexibility index (Phi) is 26.5. The van der Waals surface area contributed by atoms with Crippen molar-refractivity contribution in [2.24, 2.45) is 0 Å². The van der Waals surface area contributed by atoms with Gasteiger partial charge in [-0.25, -0.2) is 0 Å². The number of hydrogen-bond acceptors (Lipinski definition) is 1. The quantitative estimate of drug-likeness (QED) is 0.534. The van der Waals surface area contributed by atoms with Crippen molar-refractivity contribution in [2.75, 3.05) is 11.9 Å². The molecule has 0 fully saturated rings. The Morgan fingerprint density at radius 1 is 0.542 bits per heavy atom. The van der Waals surface area contributed by atoms with Gasteiger partial charge in [0.2, 0.25) is 0 Å². The Balaban J connectivity index is -0.000000374. The van der Waals surface area contributed by atoms with Crippen molar-refractivity contribution >= 4 is 11.4 Å². The molecule has 0 radical (unpaired) electrons. The van der Waals surface area contributed by atoms with Gasteiger partial charge in [-0.3, -0.25) is 0 Å². The monoisotopic (exact) mass is 331 g/mol. The van der Waals surface area contributed by atoms with E-state index < -0.39 is 0 Å². The molecule has 0 saturated heterocycles. The van der Waals surface area contributed by atoms with E-state index in [9.17, 15) is 0 Å². The van der Waals surface area contributed by atoms with Gasteiger partial charge >= 0.3 is 0 Å². The van der Waals surface area contributed by atoms with Crippen LogP contribution in [0.25, 0.3) is 0 Å². The number of hydrogen-bond donors (Lipinski definition) is 0. The molecule has 2 rings (SSSR count). The van der Waals surface area contributed by atoms with Crippen LogP contribution in [0.1, 0.15) is 68.2 Å². The van der Waals surface area contributed by atoms with Crippen molar-refractivity contribution in [1.29, 1.82) is 0 Å². The van der Waals surface area contributed by atoms with Gasteiger partial charge in [0, 0.05) is 18.4 Å². The van der Waals surface area contributed by atoms with Gasteiger partial charge in [0.1, 0.15) is 0 Å². The molecule has 0 amide bonds. The van der Waals surface area contributed by atoms with Crippen molar-refractivity contribution < 1.29 is 0 Å². The van der Waals surface area contributed by atoms with Gasteiger partial charge in [0.05, 0.1) is 0 Å². The number of benzene rings is 2. The second-order valence-electron chi connectivity index (χ2n) is 4.64. The number of rotatable bonds is 2. The molecule has 0 aliphatic carbocycles. The van der Waals surface area contributed by atoms with Crippen molar-refractivity contribution in [2.45, 2.75) is 68.2 Å². The van der Waals surface area contributed by atoms with Gasteiger partial charge in [-0.1, -0.05) is 105 Å². The molecule has 0 aliphatic heterocycles. The second-order valence-corrected chi connectivity index (χ2v) is 4.64. The highest BCUT2D eigenvalue weighted by Gasteiger charge is 2.00. The molecule has 0 saturated carbocycles. The van der Waals surface area contributed by atoms with E-state index in [-0.39, 0.29) is 0 Å². The average molecular weight is 332 g/mol. The molecule has 0 bridgehead atoms. The van der Waals surface area contributed by atoms with Gasteiger partial charge in [0.15, 0.2) is 0 Å². The zero-order chi connectivity index (χ0) is 19.2. The minimum atomic E-state index is 1.21. The van der Waals surface area contributed by atoms with Gasteiger partial charge in [-0.15, -0.1) is 0 Å². The fraction of sp³-hybridized carbons (Fsp3) is 0.478. The molecule has 0 aliphatic rings. The summed E-state index contributed by atoms with van der Waals surface area (Å²) in [6.45, 7) is 16.5. The summed E-state index contributed by atoms with van der Waals surface area (Å²) in [6, 6.07) is 20.7. The molecule has 1 heteroatoms. The highest BCUT2D eigenvalue weighted by atomic mass is 15.1. The maximum absolute atomic E-state index is 2.17. The Morgan fingerprint density at radius 3 is 0.958 bits per heavy atom. The Bertz CT molecular complexity index is 367. The topological polar surface area (TPSA) is 3.24 Å². The van der Waals surface area contributed by atoms with E-state index in [1.54, 1.807) is 0 Å². The van der Waals surface area contributed by atoms with Crippen LogP contribution in [0.5, 0.6) is 0 Å². The Labute approximate surface area is 152 Å². The zero-order valence-electron chi connectivity index (χ0n) is 17.6. The third kappa shape index (κ3) is 15.1. The average Bonchev–Trinajstić information content (AvgIpc) is 2.67. The third-order valence-corrected chi connectivity index (χ3v) is 2.29. The van der Waals surface area contributed by atoms with Gasteiger partial charge in [0.25, 0.3) is 0 Å². The first-order chi connectivity index (χ1) is 11.7. The van der Waals surface area contributed by atoms with Crippen LogP contribution >= 0.6 is 0 Å². The Hall–Kier alpha value is -1.76. The van der Waals surface area contributed by atoms with E-state index in [2.05, 4.69) is 88.2 Å². The molecule has 0 N–H and O–H groups in total. The SMILES string of the molecule is CC.CC.CCC.CCC.CN(c1ccccc1)c1ccccc1. The normalized spacial score (nSPS) is 7.71. The summed E-state index contributed by atoms with van der Waals surface area (Å²) in [5.74, 6) is 0. The molecule has 0 heterocycles. The van der Waals surface area contributed by atoms with Crippen LogP contribution in [-0.4, -0.2) is 7.05 Å². The molecule has 0 spiro atoms. The number of para-hydroxylation sites is 2. The third-order valence-electron chi connectivity index (χ3n) is 2.29. The fourth-order valence-corrected chi connectivity index (χ4v) is 1.45. The van der Waals surface area contributed by atoms with Crippen molar-refractivity contribution in [3.63, 3.8) is 0 Å². The zero-order valence-corrected chi connectivity index (χ0v) is 17.6. The summed E-state index contributed by atoms with van der Waals surface area (Å²) >= 11 is 0. The van der Waals surface area contributed by atoms with E-state index >= 15 is 0 Å². The first-order valence-electron chi connectivity index (χ1n) is 9.54. The van der Waals surface area contributed by atoms with E-state index in [4.69, 9.17) is 0 Å². The lowest BCUT2D eigenvalue weighted by Gasteiger charge is -2.18. The fourth-order valence-electron chi connectivity index (χ4n) is 1.45. The lowest BCUT2D eigenvalue weighted by molar-refractivity contribution is 1.09. The van der Waals surface area contributed by atoms with E-state index in [1.165, 1.54) is 24.2 Å². The van der Waals surface area contributed by atoms with Crippen molar-refractivity contribution in [3.8, 4) is 0 Å². The predicted molar refractivity (Wildman–Crippen MR) is 116 cm³/mol. The smallest absolute Gasteiger partial charge is 0.0408 e. The minimum absolute atomic E-state index is 1.21. The maximum atomic E-state index is 2.17. The lowest BCUT2D eigenvalue weighted by Crippen LogP contribution is -2.08. The van der Waals surface area contributed by atoms with Crippen molar-refractivity contribution in [1.82, 2.24) is 0 Å². The summed E-state index contributed by atoms with van der Waals surface area (Å²) in [5, 5.41) is 0. The molecule has 0 aromatic heterocycles. The van der Waals surface area contributed by atoms with Crippen LogP contribution in [0.15, 0.2) is 60.7 Å². The molecule has 24 heavy (non-hydrogen) atoms. The largest absolute Gasteiger partial charge is 0.345 e. The van der Waals surface area contributed by atoms with Crippen LogP contribution < -0.4 is 4.90 Å². The van der Waals surface area contributed by atoms with Crippen LogP contribution in [0.4, 0.5) is 11.4 Å². The van der Waals surface area contributed by atoms with Crippen LogP contribution in [0.2, 0.25) is 0 Å². The standard InChI is InChI=1S/C13H13N.2C3H8.2C2H6/c1-14(12-8-4-2-5-9-12)13-10-6-3-7-11-13;2*1-3-2;2*1-2/h2-11H,1H3;2*3H2,1-2H3;2*1-2H3. The molecule has 0 unspecified atom stereocenters. The van der Waals surface area contributed by atoms with E-state index in [0.717, 1.165) is 0 Å².